The van der Waals surface area contributed by atoms with Gasteiger partial charge in [-0.2, -0.15) is 0 Å². The van der Waals surface area contributed by atoms with Crippen molar-refractivity contribution in [3.63, 3.8) is 0 Å². The van der Waals surface area contributed by atoms with Gasteiger partial charge in [0.25, 0.3) is 0 Å². The second-order valence-electron chi connectivity index (χ2n) is 6.50. The van der Waals surface area contributed by atoms with E-state index in [9.17, 15) is 13.2 Å². The fraction of sp³-hybridized carbons (Fsp3) is 0.722. The second kappa shape index (κ2) is 9.90. The van der Waals surface area contributed by atoms with Gasteiger partial charge in [-0.25, -0.2) is 0 Å². The van der Waals surface area contributed by atoms with E-state index in [4.69, 9.17) is 0 Å². The van der Waals surface area contributed by atoms with E-state index in [1.165, 1.54) is 0 Å². The van der Waals surface area contributed by atoms with Gasteiger partial charge in [-0.15, -0.1) is 0 Å². The maximum absolute atomic E-state index is 13.1. The van der Waals surface area contributed by atoms with Crippen LogP contribution in [0.4, 0.5) is 13.2 Å². The first-order chi connectivity index (χ1) is 10.9. The summed E-state index contributed by atoms with van der Waals surface area (Å²) in [6.07, 6.45) is 2.36. The van der Waals surface area contributed by atoms with Gasteiger partial charge in [0.05, 0.1) is 0 Å². The molecule has 23 heavy (non-hydrogen) atoms. The summed E-state index contributed by atoms with van der Waals surface area (Å²) in [5.41, 5.74) is -0.708. The van der Waals surface area contributed by atoms with Crippen LogP contribution in [0.2, 0.25) is 13.3 Å². The molecule has 0 bridgehead atoms. The Kier molecular flexibility index (Phi) is 8.94. The van der Waals surface area contributed by atoms with Crippen LogP contribution >= 0.6 is 0 Å². The summed E-state index contributed by atoms with van der Waals surface area (Å²) < 4.78 is 43.5. The Morgan fingerprint density at radius 3 is 1.74 bits per heavy atom. The Morgan fingerprint density at radius 1 is 0.870 bits per heavy atom. The van der Waals surface area contributed by atoms with Crippen LogP contribution in [0.3, 0.4) is 0 Å². The number of rotatable bonds is 10. The van der Waals surface area contributed by atoms with Crippen LogP contribution in [0, 0.1) is 0 Å². The number of nitrogens with zero attached hydrogens (tertiary/aromatic N) is 1. The fourth-order valence-corrected chi connectivity index (χ4v) is 18.7. The Hall–Kier alpha value is -0.261. The molecular formula is C18H30F3NSn. The number of unbranched alkanes of at least 4 members (excludes halogenated alkanes) is 3. The van der Waals surface area contributed by atoms with Gasteiger partial charge in [0.2, 0.25) is 0 Å². The summed E-state index contributed by atoms with van der Waals surface area (Å²) in [4.78, 5) is 4.14. The van der Waals surface area contributed by atoms with Gasteiger partial charge in [-0.1, -0.05) is 0 Å². The van der Waals surface area contributed by atoms with Crippen molar-refractivity contribution in [1.29, 1.82) is 0 Å². The zero-order chi connectivity index (χ0) is 17.3. The molecule has 1 aromatic rings. The summed E-state index contributed by atoms with van der Waals surface area (Å²) >= 11 is -2.85. The number of aromatic nitrogens is 1. The molecule has 1 aromatic heterocycles. The van der Waals surface area contributed by atoms with Gasteiger partial charge in [0.1, 0.15) is 0 Å². The van der Waals surface area contributed by atoms with E-state index in [1.54, 1.807) is 6.07 Å². The number of hydrogen-bond acceptors (Lipinski definition) is 1. The minimum atomic E-state index is -4.34. The summed E-state index contributed by atoms with van der Waals surface area (Å²) in [5, 5.41) is 0. The molecule has 0 spiro atoms. The third-order valence-corrected chi connectivity index (χ3v) is 19.7. The van der Waals surface area contributed by atoms with E-state index in [1.807, 2.05) is 6.07 Å². The average molecular weight is 436 g/mol. The molecule has 0 aliphatic heterocycles. The van der Waals surface area contributed by atoms with Crippen molar-refractivity contribution >= 4 is 22.1 Å². The van der Waals surface area contributed by atoms with Crippen LogP contribution in [0.25, 0.3) is 0 Å². The molecule has 1 rings (SSSR count). The van der Waals surface area contributed by atoms with E-state index in [-0.39, 0.29) is 0 Å². The van der Waals surface area contributed by atoms with E-state index in [0.717, 1.165) is 61.6 Å². The van der Waals surface area contributed by atoms with Crippen molar-refractivity contribution in [3.8, 4) is 0 Å². The van der Waals surface area contributed by atoms with Crippen molar-refractivity contribution in [2.45, 2.75) is 78.8 Å². The van der Waals surface area contributed by atoms with Crippen LogP contribution in [0.5, 0.6) is 0 Å². The van der Waals surface area contributed by atoms with E-state index < -0.39 is 30.2 Å². The Morgan fingerprint density at radius 2 is 1.35 bits per heavy atom. The minimum absolute atomic E-state index is 0.708. The van der Waals surface area contributed by atoms with E-state index in [2.05, 4.69) is 25.8 Å². The number of halogens is 3. The van der Waals surface area contributed by atoms with Crippen LogP contribution in [0.1, 0.15) is 65.0 Å². The summed E-state index contributed by atoms with van der Waals surface area (Å²) in [7, 11) is 0. The van der Waals surface area contributed by atoms with Crippen LogP contribution in [-0.2, 0) is 6.18 Å². The quantitative estimate of drug-likeness (QED) is 0.401. The average Bonchev–Trinajstić information content (AvgIpc) is 2.54. The molecule has 0 radical (unpaired) electrons. The van der Waals surface area contributed by atoms with Gasteiger partial charge in [-0.05, 0) is 0 Å². The second-order valence-corrected chi connectivity index (χ2v) is 19.5. The molecule has 5 heteroatoms. The normalized spacial score (nSPS) is 12.6. The summed E-state index contributed by atoms with van der Waals surface area (Å²) in [6.45, 7) is 6.49. The molecular weight excluding hydrogens is 406 g/mol. The van der Waals surface area contributed by atoms with Crippen molar-refractivity contribution in [2.24, 2.45) is 0 Å². The van der Waals surface area contributed by atoms with Crippen molar-refractivity contribution in [2.75, 3.05) is 0 Å². The molecule has 0 fully saturated rings. The van der Waals surface area contributed by atoms with Crippen LogP contribution in [-0.4, -0.2) is 23.4 Å². The summed E-state index contributed by atoms with van der Waals surface area (Å²) in [5.74, 6) is 0. The monoisotopic (exact) mass is 437 g/mol. The van der Waals surface area contributed by atoms with E-state index in [0.29, 0.717) is 0 Å². The maximum atomic E-state index is 13.1. The van der Waals surface area contributed by atoms with Crippen LogP contribution < -0.4 is 3.71 Å². The number of alkyl halides is 3. The molecule has 0 saturated heterocycles. The first kappa shape index (κ1) is 20.8. The summed E-state index contributed by atoms with van der Waals surface area (Å²) in [6, 6.07) is 4.58. The first-order valence-corrected chi connectivity index (χ1v) is 16.4. The molecule has 0 unspecified atom stereocenters. The predicted molar refractivity (Wildman–Crippen MR) is 93.8 cm³/mol. The van der Waals surface area contributed by atoms with Gasteiger partial charge in [0, 0.05) is 0 Å². The van der Waals surface area contributed by atoms with Gasteiger partial charge in [0.15, 0.2) is 0 Å². The van der Waals surface area contributed by atoms with Gasteiger partial charge >= 0.3 is 143 Å². The fourth-order valence-electron chi connectivity index (χ4n) is 3.19. The predicted octanol–water partition coefficient (Wildman–Crippen LogP) is 6.16. The zero-order valence-electron chi connectivity index (χ0n) is 14.7. The molecule has 1 heterocycles. The van der Waals surface area contributed by atoms with Crippen LogP contribution in [0.15, 0.2) is 18.2 Å². The van der Waals surface area contributed by atoms with E-state index >= 15 is 0 Å². The molecule has 0 N–H and O–H groups in total. The SMILES string of the molecule is CCC[CH2][Sn]([CH2]CCC)([CH2]CCC)[c]1cccc(C(F)(F)F)n1. The molecule has 0 amide bonds. The van der Waals surface area contributed by atoms with Gasteiger partial charge < -0.3 is 0 Å². The third-order valence-electron chi connectivity index (χ3n) is 4.61. The number of pyridine rings is 1. The molecule has 0 atom stereocenters. The molecule has 0 aromatic carbocycles. The first-order valence-electron chi connectivity index (χ1n) is 8.94. The molecule has 1 nitrogen and oxygen atoms in total. The molecule has 0 aliphatic rings. The zero-order valence-corrected chi connectivity index (χ0v) is 17.5. The van der Waals surface area contributed by atoms with Crippen molar-refractivity contribution in [3.05, 3.63) is 23.9 Å². The van der Waals surface area contributed by atoms with Gasteiger partial charge in [-0.3, -0.25) is 0 Å². The Bertz CT molecular complexity index is 438. The molecule has 0 saturated carbocycles. The Balaban J connectivity index is 3.23. The molecule has 0 aliphatic carbocycles. The topological polar surface area (TPSA) is 12.9 Å². The third kappa shape index (κ3) is 6.28. The Labute approximate surface area is 143 Å². The van der Waals surface area contributed by atoms with Crippen molar-refractivity contribution in [1.82, 2.24) is 4.98 Å². The van der Waals surface area contributed by atoms with Crippen molar-refractivity contribution < 1.29 is 13.2 Å². The number of hydrogen-bond donors (Lipinski definition) is 0. The molecule has 132 valence electrons. The standard InChI is InChI=1S/C6H3F3N.3C4H9.Sn/c7-6(8,9)5-3-1-2-4-10-5;3*1-3-4-2;/h1-3H;3*1,3-4H2,2H3;.